The van der Waals surface area contributed by atoms with E-state index in [1.165, 1.54) is 0 Å². The molecule has 1 unspecified atom stereocenters. The average molecular weight is 264 g/mol. The number of likely N-dealkylation sites (N-methyl/N-ethyl adjacent to an activating group) is 2. The third-order valence-electron chi connectivity index (χ3n) is 3.58. The number of piperazine rings is 1. The van der Waals surface area contributed by atoms with E-state index in [0.717, 1.165) is 37.7 Å². The van der Waals surface area contributed by atoms with E-state index in [2.05, 4.69) is 44.5 Å². The standard InChI is InChI=1S/C13H24N6/c1-10-7-12(17-13(14-2)16-10)15-8-11-9-18(3)5-6-19(11)4/h7,11H,5-6,8-9H2,1-4H3,(H2,14,15,16,17). The zero-order valence-corrected chi connectivity index (χ0v) is 12.3. The molecule has 0 aliphatic carbocycles. The molecule has 1 aromatic heterocycles. The maximum Gasteiger partial charge on any atom is 0.224 e. The molecule has 106 valence electrons. The van der Waals surface area contributed by atoms with Gasteiger partial charge in [-0.2, -0.15) is 4.98 Å². The first-order valence-electron chi connectivity index (χ1n) is 6.74. The lowest BCUT2D eigenvalue weighted by Crippen LogP contribution is -2.52. The van der Waals surface area contributed by atoms with Crippen LogP contribution in [0.1, 0.15) is 5.69 Å². The molecule has 0 amide bonds. The summed E-state index contributed by atoms with van der Waals surface area (Å²) in [4.78, 5) is 13.5. The van der Waals surface area contributed by atoms with Crippen molar-refractivity contribution in [2.24, 2.45) is 0 Å². The first-order valence-corrected chi connectivity index (χ1v) is 6.74. The van der Waals surface area contributed by atoms with Gasteiger partial charge < -0.3 is 15.5 Å². The second kappa shape index (κ2) is 6.16. The second-order valence-electron chi connectivity index (χ2n) is 5.25. The smallest absolute Gasteiger partial charge is 0.224 e. The van der Waals surface area contributed by atoms with Crippen LogP contribution in [0.3, 0.4) is 0 Å². The largest absolute Gasteiger partial charge is 0.368 e. The van der Waals surface area contributed by atoms with Gasteiger partial charge in [-0.3, -0.25) is 4.90 Å². The highest BCUT2D eigenvalue weighted by Gasteiger charge is 2.21. The Morgan fingerprint density at radius 2 is 2.11 bits per heavy atom. The Morgan fingerprint density at radius 1 is 1.32 bits per heavy atom. The molecule has 2 N–H and O–H groups in total. The van der Waals surface area contributed by atoms with Crippen molar-refractivity contribution in [3.63, 3.8) is 0 Å². The van der Waals surface area contributed by atoms with Gasteiger partial charge in [-0.15, -0.1) is 0 Å². The van der Waals surface area contributed by atoms with Crippen LogP contribution in [-0.2, 0) is 0 Å². The zero-order chi connectivity index (χ0) is 13.8. The summed E-state index contributed by atoms with van der Waals surface area (Å²) in [6.45, 7) is 6.23. The number of hydrogen-bond donors (Lipinski definition) is 2. The summed E-state index contributed by atoms with van der Waals surface area (Å²) < 4.78 is 0. The van der Waals surface area contributed by atoms with Crippen LogP contribution >= 0.6 is 0 Å². The topological polar surface area (TPSA) is 56.3 Å². The maximum atomic E-state index is 4.42. The molecule has 0 spiro atoms. The lowest BCUT2D eigenvalue weighted by molar-refractivity contribution is 0.122. The van der Waals surface area contributed by atoms with E-state index in [-0.39, 0.29) is 0 Å². The monoisotopic (exact) mass is 264 g/mol. The summed E-state index contributed by atoms with van der Waals surface area (Å²) in [5, 5.41) is 6.40. The van der Waals surface area contributed by atoms with Crippen molar-refractivity contribution in [3.8, 4) is 0 Å². The molecule has 0 radical (unpaired) electrons. The van der Waals surface area contributed by atoms with Crippen molar-refractivity contribution in [1.29, 1.82) is 0 Å². The molecule has 1 saturated heterocycles. The van der Waals surface area contributed by atoms with Crippen molar-refractivity contribution in [3.05, 3.63) is 11.8 Å². The third-order valence-corrected chi connectivity index (χ3v) is 3.58. The lowest BCUT2D eigenvalue weighted by Gasteiger charge is -2.37. The Hall–Kier alpha value is -1.40. The van der Waals surface area contributed by atoms with Crippen molar-refractivity contribution < 1.29 is 0 Å². The summed E-state index contributed by atoms with van der Waals surface area (Å²) in [6.07, 6.45) is 0. The van der Waals surface area contributed by atoms with Crippen LogP contribution in [0.2, 0.25) is 0 Å². The highest BCUT2D eigenvalue weighted by atomic mass is 15.3. The van der Waals surface area contributed by atoms with Gasteiger partial charge in [0.2, 0.25) is 5.95 Å². The predicted molar refractivity (Wildman–Crippen MR) is 78.7 cm³/mol. The fraction of sp³-hybridized carbons (Fsp3) is 0.692. The van der Waals surface area contributed by atoms with E-state index in [1.54, 1.807) is 0 Å². The van der Waals surface area contributed by atoms with E-state index in [9.17, 15) is 0 Å². The normalized spacial score (nSPS) is 21.4. The highest BCUT2D eigenvalue weighted by Crippen LogP contribution is 2.11. The molecule has 1 aliphatic rings. The Balaban J connectivity index is 1.96. The van der Waals surface area contributed by atoms with Crippen molar-refractivity contribution in [2.45, 2.75) is 13.0 Å². The zero-order valence-electron chi connectivity index (χ0n) is 12.3. The van der Waals surface area contributed by atoms with Crippen molar-refractivity contribution >= 4 is 11.8 Å². The number of anilines is 2. The minimum atomic E-state index is 0.520. The van der Waals surface area contributed by atoms with Gasteiger partial charge in [0, 0.05) is 51.0 Å². The highest BCUT2D eigenvalue weighted by molar-refractivity contribution is 5.41. The van der Waals surface area contributed by atoms with Crippen molar-refractivity contribution in [2.75, 3.05) is 58.0 Å². The molecule has 2 heterocycles. The Kier molecular flexibility index (Phi) is 4.55. The van der Waals surface area contributed by atoms with Gasteiger partial charge in [-0.25, -0.2) is 4.98 Å². The summed E-state index contributed by atoms with van der Waals surface area (Å²) in [5.74, 6) is 1.55. The molecule has 0 saturated carbocycles. The number of nitrogens with zero attached hydrogens (tertiary/aromatic N) is 4. The van der Waals surface area contributed by atoms with Crippen LogP contribution in [0.4, 0.5) is 11.8 Å². The first-order chi connectivity index (χ1) is 9.08. The summed E-state index contributed by atoms with van der Waals surface area (Å²) >= 11 is 0. The number of aryl methyl sites for hydroxylation is 1. The summed E-state index contributed by atoms with van der Waals surface area (Å²) in [5.41, 5.74) is 0.968. The third kappa shape index (κ3) is 3.78. The molecular formula is C13H24N6. The summed E-state index contributed by atoms with van der Waals surface area (Å²) in [7, 11) is 6.19. The van der Waals surface area contributed by atoms with Gasteiger partial charge in [-0.05, 0) is 21.0 Å². The number of aromatic nitrogens is 2. The van der Waals surface area contributed by atoms with E-state index in [0.29, 0.717) is 12.0 Å². The van der Waals surface area contributed by atoms with Crippen LogP contribution in [0.25, 0.3) is 0 Å². The van der Waals surface area contributed by atoms with E-state index < -0.39 is 0 Å². The number of rotatable bonds is 4. The SMILES string of the molecule is CNc1nc(C)cc(NCC2CN(C)CCN2C)n1. The van der Waals surface area contributed by atoms with Crippen LogP contribution < -0.4 is 10.6 Å². The van der Waals surface area contributed by atoms with E-state index in [1.807, 2.05) is 20.0 Å². The van der Waals surface area contributed by atoms with Crippen LogP contribution in [-0.4, -0.2) is 73.1 Å². The Morgan fingerprint density at radius 3 is 2.84 bits per heavy atom. The maximum absolute atomic E-state index is 4.42. The molecule has 0 bridgehead atoms. The molecule has 6 nitrogen and oxygen atoms in total. The van der Waals surface area contributed by atoms with E-state index in [4.69, 9.17) is 0 Å². The average Bonchev–Trinajstić information content (AvgIpc) is 2.39. The molecule has 19 heavy (non-hydrogen) atoms. The molecule has 1 aromatic rings. The van der Waals surface area contributed by atoms with Gasteiger partial charge >= 0.3 is 0 Å². The fourth-order valence-corrected chi connectivity index (χ4v) is 2.32. The molecule has 1 aliphatic heterocycles. The van der Waals surface area contributed by atoms with Gasteiger partial charge in [0.1, 0.15) is 5.82 Å². The predicted octanol–water partition coefficient (Wildman–Crippen LogP) is 0.484. The Labute approximate surface area is 115 Å². The van der Waals surface area contributed by atoms with Gasteiger partial charge in [0.15, 0.2) is 0 Å². The van der Waals surface area contributed by atoms with Gasteiger partial charge in [0.05, 0.1) is 0 Å². The molecule has 0 aromatic carbocycles. The van der Waals surface area contributed by atoms with E-state index >= 15 is 0 Å². The summed E-state index contributed by atoms with van der Waals surface area (Å²) in [6, 6.07) is 2.50. The number of hydrogen-bond acceptors (Lipinski definition) is 6. The number of nitrogens with one attached hydrogen (secondary N) is 2. The first kappa shape index (κ1) is 14.0. The minimum absolute atomic E-state index is 0.520. The molecule has 2 rings (SSSR count). The molecule has 1 atom stereocenters. The Bertz CT molecular complexity index is 422. The van der Waals surface area contributed by atoms with Crippen LogP contribution in [0.5, 0.6) is 0 Å². The fourth-order valence-electron chi connectivity index (χ4n) is 2.32. The van der Waals surface area contributed by atoms with Gasteiger partial charge in [-0.1, -0.05) is 0 Å². The quantitative estimate of drug-likeness (QED) is 0.825. The molecule has 1 fully saturated rings. The molecular weight excluding hydrogens is 240 g/mol. The van der Waals surface area contributed by atoms with Crippen molar-refractivity contribution in [1.82, 2.24) is 19.8 Å². The van der Waals surface area contributed by atoms with Crippen LogP contribution in [0.15, 0.2) is 6.07 Å². The minimum Gasteiger partial charge on any atom is -0.368 e. The van der Waals surface area contributed by atoms with Crippen LogP contribution in [0, 0.1) is 6.92 Å². The second-order valence-corrected chi connectivity index (χ2v) is 5.25. The van der Waals surface area contributed by atoms with Gasteiger partial charge in [0.25, 0.3) is 0 Å². The lowest BCUT2D eigenvalue weighted by atomic mass is 10.2. The molecule has 6 heteroatoms.